The number of carbonyl (C=O) groups is 1. The highest BCUT2D eigenvalue weighted by molar-refractivity contribution is 7.86. The molecule has 2 aliphatic rings. The van der Waals surface area contributed by atoms with Gasteiger partial charge in [-0.2, -0.15) is 8.42 Å². The Hall–Kier alpha value is -2.68. The first-order chi connectivity index (χ1) is 10.9. The van der Waals surface area contributed by atoms with E-state index in [1.54, 1.807) is 6.07 Å². The normalized spacial score (nSPS) is 16.8. The second-order valence-electron chi connectivity index (χ2n) is 4.89. The maximum absolute atomic E-state index is 11.3. The molecule has 0 saturated carbocycles. The van der Waals surface area contributed by atoms with E-state index in [1.165, 1.54) is 25.3 Å². The summed E-state index contributed by atoms with van der Waals surface area (Å²) in [6, 6.07) is 4.54. The number of fused-ring (bicyclic) bond motifs is 1. The van der Waals surface area contributed by atoms with E-state index >= 15 is 0 Å². The van der Waals surface area contributed by atoms with E-state index in [1.807, 2.05) is 0 Å². The average molecular weight is 335 g/mol. The first-order valence-electron chi connectivity index (χ1n) is 6.60. The van der Waals surface area contributed by atoms with E-state index in [4.69, 9.17) is 8.92 Å². The molecule has 0 radical (unpaired) electrons. The van der Waals surface area contributed by atoms with Crippen LogP contribution in [0.1, 0.15) is 5.56 Å². The maximum atomic E-state index is 11.3. The number of ether oxygens (including phenoxy) is 1. The van der Waals surface area contributed by atoms with Crippen molar-refractivity contribution in [2.45, 2.75) is 0 Å². The zero-order valence-electron chi connectivity index (χ0n) is 12.4. The van der Waals surface area contributed by atoms with Crippen LogP contribution in [0.4, 0.5) is 0 Å². The minimum atomic E-state index is -3.63. The lowest BCUT2D eigenvalue weighted by atomic mass is 10.2. The van der Waals surface area contributed by atoms with E-state index in [0.29, 0.717) is 35.1 Å². The van der Waals surface area contributed by atoms with Gasteiger partial charge >= 0.3 is 10.1 Å². The van der Waals surface area contributed by atoms with Crippen molar-refractivity contribution in [1.29, 1.82) is 0 Å². The highest BCUT2D eigenvalue weighted by Crippen LogP contribution is 2.29. The SMILES string of the molecule is COc1cc(OS(C)(=O)=O)ccc1C1=NC2=CC(=O)NCC2=N1. The second-order valence-corrected chi connectivity index (χ2v) is 6.47. The number of hydrogen-bond donors (Lipinski definition) is 1. The Morgan fingerprint density at radius 3 is 2.74 bits per heavy atom. The Bertz CT molecular complexity index is 884. The number of hydrogen-bond acceptors (Lipinski definition) is 7. The lowest BCUT2D eigenvalue weighted by Gasteiger charge is -2.09. The van der Waals surface area contributed by atoms with Gasteiger partial charge in [0, 0.05) is 12.1 Å². The fourth-order valence-electron chi connectivity index (χ4n) is 2.18. The van der Waals surface area contributed by atoms with Crippen LogP contribution in [0.2, 0.25) is 0 Å². The van der Waals surface area contributed by atoms with Gasteiger partial charge in [0.15, 0.2) is 5.84 Å². The van der Waals surface area contributed by atoms with Crippen LogP contribution < -0.4 is 14.2 Å². The van der Waals surface area contributed by atoms with Crippen molar-refractivity contribution in [3.8, 4) is 11.5 Å². The van der Waals surface area contributed by atoms with Crippen molar-refractivity contribution in [1.82, 2.24) is 5.32 Å². The number of amidine groups is 1. The van der Waals surface area contributed by atoms with Crippen LogP contribution in [-0.2, 0) is 14.9 Å². The van der Waals surface area contributed by atoms with Crippen molar-refractivity contribution in [2.24, 2.45) is 9.98 Å². The molecule has 0 unspecified atom stereocenters. The molecular weight excluding hydrogens is 322 g/mol. The molecule has 1 aromatic rings. The molecule has 8 nitrogen and oxygen atoms in total. The highest BCUT2D eigenvalue weighted by atomic mass is 32.2. The molecule has 0 aromatic heterocycles. The summed E-state index contributed by atoms with van der Waals surface area (Å²) < 4.78 is 32.5. The average Bonchev–Trinajstić information content (AvgIpc) is 2.88. The number of aliphatic imine (C=N–C) groups is 2. The number of methoxy groups -OCH3 is 1. The smallest absolute Gasteiger partial charge is 0.306 e. The topological polar surface area (TPSA) is 106 Å². The molecule has 0 spiro atoms. The Morgan fingerprint density at radius 2 is 2.04 bits per heavy atom. The summed E-state index contributed by atoms with van der Waals surface area (Å²) in [6.07, 6.45) is 2.34. The molecule has 0 aliphatic carbocycles. The molecule has 1 amide bonds. The summed E-state index contributed by atoms with van der Waals surface area (Å²) in [5, 5.41) is 2.65. The lowest BCUT2D eigenvalue weighted by molar-refractivity contribution is -0.116. The number of benzene rings is 1. The third-order valence-corrected chi connectivity index (χ3v) is 3.62. The number of nitrogens with zero attached hydrogens (tertiary/aromatic N) is 2. The molecule has 2 aliphatic heterocycles. The summed E-state index contributed by atoms with van der Waals surface area (Å²) in [5.41, 5.74) is 1.75. The summed E-state index contributed by atoms with van der Waals surface area (Å²) in [7, 11) is -2.18. The highest BCUT2D eigenvalue weighted by Gasteiger charge is 2.24. The monoisotopic (exact) mass is 335 g/mol. The van der Waals surface area contributed by atoms with Gasteiger partial charge < -0.3 is 14.2 Å². The van der Waals surface area contributed by atoms with Gasteiger partial charge in [0.05, 0.1) is 36.9 Å². The van der Waals surface area contributed by atoms with E-state index in [0.717, 1.165) is 6.26 Å². The zero-order chi connectivity index (χ0) is 16.6. The second kappa shape index (κ2) is 5.51. The van der Waals surface area contributed by atoms with Crippen LogP contribution in [0.25, 0.3) is 0 Å². The number of amides is 1. The van der Waals surface area contributed by atoms with Crippen molar-refractivity contribution in [3.63, 3.8) is 0 Å². The molecule has 0 bridgehead atoms. The van der Waals surface area contributed by atoms with Crippen LogP contribution in [0.3, 0.4) is 0 Å². The molecule has 2 heterocycles. The fourth-order valence-corrected chi connectivity index (χ4v) is 2.64. The van der Waals surface area contributed by atoms with E-state index in [-0.39, 0.29) is 11.7 Å². The van der Waals surface area contributed by atoms with E-state index in [2.05, 4.69) is 15.3 Å². The van der Waals surface area contributed by atoms with Crippen LogP contribution in [0, 0.1) is 0 Å². The van der Waals surface area contributed by atoms with E-state index in [9.17, 15) is 13.2 Å². The van der Waals surface area contributed by atoms with Gasteiger partial charge in [0.25, 0.3) is 0 Å². The molecule has 0 fully saturated rings. The standard InChI is InChI=1S/C14H13N3O5S/c1-21-12-5-8(22-23(2,19)20)3-4-9(12)14-16-10-6-13(18)15-7-11(10)17-14/h3-6H,7H2,1-2H3,(H,15,18). The fraction of sp³-hybridized carbons (Fsp3) is 0.214. The molecule has 0 saturated heterocycles. The maximum Gasteiger partial charge on any atom is 0.306 e. The Balaban J connectivity index is 1.98. The minimum absolute atomic E-state index is 0.132. The van der Waals surface area contributed by atoms with Gasteiger partial charge in [0.1, 0.15) is 11.5 Å². The number of rotatable bonds is 4. The molecule has 1 N–H and O–H groups in total. The summed E-state index contributed by atoms with van der Waals surface area (Å²) >= 11 is 0. The molecule has 1 aromatic carbocycles. The minimum Gasteiger partial charge on any atom is -0.496 e. The van der Waals surface area contributed by atoms with Crippen LogP contribution in [-0.4, -0.2) is 45.8 Å². The predicted octanol–water partition coefficient (Wildman–Crippen LogP) is 0.248. The van der Waals surface area contributed by atoms with Gasteiger partial charge in [0.2, 0.25) is 5.91 Å². The van der Waals surface area contributed by atoms with Crippen LogP contribution in [0.5, 0.6) is 11.5 Å². The third kappa shape index (κ3) is 3.24. The molecular formula is C14H13N3O5S. The van der Waals surface area contributed by atoms with Gasteiger partial charge in [-0.05, 0) is 12.1 Å². The van der Waals surface area contributed by atoms with Crippen molar-refractivity contribution >= 4 is 27.6 Å². The van der Waals surface area contributed by atoms with Gasteiger partial charge in [-0.25, -0.2) is 9.98 Å². The Labute approximate surface area is 132 Å². The molecule has 23 heavy (non-hydrogen) atoms. The lowest BCUT2D eigenvalue weighted by Crippen LogP contribution is -2.32. The van der Waals surface area contributed by atoms with Gasteiger partial charge in [-0.3, -0.25) is 4.79 Å². The number of carbonyl (C=O) groups excluding carboxylic acids is 1. The molecule has 9 heteroatoms. The number of nitrogens with one attached hydrogen (secondary N) is 1. The zero-order valence-corrected chi connectivity index (χ0v) is 13.2. The van der Waals surface area contributed by atoms with Crippen LogP contribution >= 0.6 is 0 Å². The first-order valence-corrected chi connectivity index (χ1v) is 8.41. The van der Waals surface area contributed by atoms with Gasteiger partial charge in [-0.1, -0.05) is 0 Å². The van der Waals surface area contributed by atoms with Crippen molar-refractivity contribution in [3.05, 3.63) is 35.5 Å². The van der Waals surface area contributed by atoms with Crippen molar-refractivity contribution < 1.29 is 22.1 Å². The van der Waals surface area contributed by atoms with Crippen molar-refractivity contribution in [2.75, 3.05) is 19.9 Å². The third-order valence-electron chi connectivity index (χ3n) is 3.12. The molecule has 3 rings (SSSR count). The van der Waals surface area contributed by atoms with Gasteiger partial charge in [-0.15, -0.1) is 0 Å². The predicted molar refractivity (Wildman–Crippen MR) is 83.5 cm³/mol. The Morgan fingerprint density at radius 1 is 1.26 bits per heavy atom. The van der Waals surface area contributed by atoms with Crippen LogP contribution in [0.15, 0.2) is 40.0 Å². The summed E-state index contributed by atoms with van der Waals surface area (Å²) in [4.78, 5) is 20.0. The molecule has 0 atom stereocenters. The Kier molecular flexibility index (Phi) is 3.64. The molecule has 120 valence electrons. The summed E-state index contributed by atoms with van der Waals surface area (Å²) in [6.45, 7) is 0.315. The van der Waals surface area contributed by atoms with E-state index < -0.39 is 10.1 Å². The largest absolute Gasteiger partial charge is 0.496 e. The quantitative estimate of drug-likeness (QED) is 0.794. The summed E-state index contributed by atoms with van der Waals surface area (Å²) in [5.74, 6) is 0.680. The first kappa shape index (κ1) is 15.2.